The zero-order valence-electron chi connectivity index (χ0n) is 19.3. The van der Waals surface area contributed by atoms with Crippen LogP contribution < -0.4 is 5.32 Å². The van der Waals surface area contributed by atoms with Gasteiger partial charge in [0.1, 0.15) is 0 Å². The second kappa shape index (κ2) is 13.6. The number of carbonyl (C=O) groups is 2. The van der Waals surface area contributed by atoms with E-state index in [2.05, 4.69) is 30.2 Å². The van der Waals surface area contributed by atoms with Gasteiger partial charge in [-0.1, -0.05) is 48.5 Å². The number of benzene rings is 2. The first-order chi connectivity index (χ1) is 15.5. The number of nitrogens with one attached hydrogen (secondary N) is 2. The molecule has 7 heteroatoms. The summed E-state index contributed by atoms with van der Waals surface area (Å²) in [6.07, 6.45) is 2.60. The van der Waals surface area contributed by atoms with Crippen LogP contribution in [0.3, 0.4) is 0 Å². The van der Waals surface area contributed by atoms with E-state index >= 15 is 0 Å². The van der Waals surface area contributed by atoms with Gasteiger partial charge in [0.05, 0.1) is 12.6 Å². The van der Waals surface area contributed by atoms with Crippen molar-refractivity contribution < 1.29 is 42.3 Å². The average Bonchev–Trinajstić information content (AvgIpc) is 3.20. The van der Waals surface area contributed by atoms with Crippen LogP contribution in [-0.2, 0) is 55.3 Å². The van der Waals surface area contributed by atoms with Crippen LogP contribution in [0, 0.1) is 13.8 Å². The van der Waals surface area contributed by atoms with Crippen molar-refractivity contribution in [1.29, 1.82) is 0 Å². The number of para-hydroxylation sites is 1. The Bertz CT molecular complexity index is 1020. The summed E-state index contributed by atoms with van der Waals surface area (Å²) in [5.74, 6) is -0.116. The van der Waals surface area contributed by atoms with Crippen molar-refractivity contribution in [3.8, 4) is 0 Å². The number of nitrogens with zero attached hydrogens (tertiary/aromatic N) is 2. The van der Waals surface area contributed by atoms with E-state index in [4.69, 9.17) is 0 Å². The molecule has 0 bridgehead atoms. The van der Waals surface area contributed by atoms with Crippen LogP contribution in [0.4, 0.5) is 0 Å². The summed E-state index contributed by atoms with van der Waals surface area (Å²) in [6.45, 7) is 11.4. The number of hydrogen-bond acceptors (Lipinski definition) is 3. The number of aromatic amines is 1. The third-order valence-electron chi connectivity index (χ3n) is 5.61. The quantitative estimate of drug-likeness (QED) is 0.381. The molecule has 2 amide bonds. The molecule has 33 heavy (non-hydrogen) atoms. The number of hydrogen-bond donors (Lipinski definition) is 2. The Labute approximate surface area is 222 Å². The smallest absolute Gasteiger partial charge is 0.234 e. The predicted octanol–water partition coefficient (Wildman–Crippen LogP) is 3.21. The Hall–Kier alpha value is -2.02. The summed E-state index contributed by atoms with van der Waals surface area (Å²) >= 11 is 0. The molecule has 1 aromatic heterocycles. The number of H-pyrrole nitrogens is 1. The zero-order valence-corrected chi connectivity index (χ0v) is 22.1. The Balaban J connectivity index is 0.00000385. The molecule has 0 aliphatic carbocycles. The Morgan fingerprint density at radius 3 is 2.36 bits per heavy atom. The summed E-state index contributed by atoms with van der Waals surface area (Å²) in [6, 6.07) is 17.8. The van der Waals surface area contributed by atoms with E-state index < -0.39 is 0 Å². The van der Waals surface area contributed by atoms with E-state index in [0.29, 0.717) is 32.6 Å². The first kappa shape index (κ1) is 27.2. The van der Waals surface area contributed by atoms with Gasteiger partial charge in [0.15, 0.2) is 0 Å². The van der Waals surface area contributed by atoms with Crippen LogP contribution in [-0.4, -0.2) is 58.8 Å². The number of carbonyl (C=O) groups excluding carboxylic acids is 2. The molecule has 0 saturated carbocycles. The minimum atomic E-state index is -0.231. The summed E-state index contributed by atoms with van der Waals surface area (Å²) in [4.78, 5) is 32.1. The molecule has 1 heterocycles. The third kappa shape index (κ3) is 8.06. The van der Waals surface area contributed by atoms with E-state index in [1.165, 1.54) is 0 Å². The van der Waals surface area contributed by atoms with Crippen LogP contribution in [0.25, 0.3) is 10.9 Å². The zero-order chi connectivity index (χ0) is 22.9. The summed E-state index contributed by atoms with van der Waals surface area (Å²) in [5.41, 5.74) is 3.22. The van der Waals surface area contributed by atoms with E-state index in [1.54, 1.807) is 11.8 Å². The fourth-order valence-electron chi connectivity index (χ4n) is 3.85. The van der Waals surface area contributed by atoms with Gasteiger partial charge in [-0.15, -0.1) is 13.1 Å². The molecule has 2 aromatic carbocycles. The minimum absolute atomic E-state index is 0. The topological polar surface area (TPSA) is 68.4 Å². The second-order valence-corrected chi connectivity index (χ2v) is 7.99. The van der Waals surface area contributed by atoms with Gasteiger partial charge in [-0.25, -0.2) is 0 Å². The maximum Gasteiger partial charge on any atom is 0.234 e. The molecule has 2 N–H and O–H groups in total. The largest absolute Gasteiger partial charge is 0.361 e. The van der Waals surface area contributed by atoms with Crippen molar-refractivity contribution in [2.24, 2.45) is 0 Å². The SMILES string of the molecule is [CH2-]CN(C[CH2-])CC(=O)N[C@H](Cc1c[nH]c2ccccc12)CN(Cc1ccccc1)C(C)=O.[Y]. The van der Waals surface area contributed by atoms with Gasteiger partial charge in [-0.3, -0.25) is 9.59 Å². The standard InChI is InChI=1S/C26H32N4O2.Y/c1-4-29(5-2)19-26(32)28-23(15-22-16-27-25-14-10-9-13-24(22)25)18-30(20(3)31)17-21-11-7-6-8-12-21;/h6-14,16,23,27H,1-2,4-5,15,17-19H2,3H3,(H,28,32);/q-2;/t23-;/m1./s1. The summed E-state index contributed by atoms with van der Waals surface area (Å²) < 4.78 is 0. The maximum atomic E-state index is 12.8. The molecule has 0 aliphatic rings. The summed E-state index contributed by atoms with van der Waals surface area (Å²) in [5, 5.41) is 4.27. The van der Waals surface area contributed by atoms with Crippen LogP contribution in [0.15, 0.2) is 60.8 Å². The molecule has 1 radical (unpaired) electrons. The van der Waals surface area contributed by atoms with Gasteiger partial charge in [-0.2, -0.15) is 0 Å². The minimum Gasteiger partial charge on any atom is -0.361 e. The molecule has 0 fully saturated rings. The van der Waals surface area contributed by atoms with Crippen LogP contribution in [0.1, 0.15) is 18.1 Å². The molecule has 3 aromatic rings. The molecule has 3 rings (SSSR count). The number of aromatic nitrogens is 1. The second-order valence-electron chi connectivity index (χ2n) is 7.99. The van der Waals surface area contributed by atoms with Crippen molar-refractivity contribution in [3.05, 3.63) is 85.8 Å². The van der Waals surface area contributed by atoms with E-state index in [0.717, 1.165) is 22.0 Å². The molecule has 0 saturated heterocycles. The molecular formula is C26H32N4O2Y-2. The molecule has 0 spiro atoms. The number of fused-ring (bicyclic) bond motifs is 1. The third-order valence-corrected chi connectivity index (χ3v) is 5.61. The Morgan fingerprint density at radius 2 is 1.70 bits per heavy atom. The van der Waals surface area contributed by atoms with Gasteiger partial charge in [-0.05, 0) is 23.6 Å². The molecule has 0 unspecified atom stereocenters. The molecule has 0 aliphatic heterocycles. The first-order valence-electron chi connectivity index (χ1n) is 10.9. The van der Waals surface area contributed by atoms with E-state index in [9.17, 15) is 9.59 Å². The number of rotatable bonds is 11. The number of amides is 2. The maximum absolute atomic E-state index is 12.8. The van der Waals surface area contributed by atoms with Crippen LogP contribution in [0.5, 0.6) is 0 Å². The van der Waals surface area contributed by atoms with Gasteiger partial charge in [0.2, 0.25) is 11.8 Å². The van der Waals surface area contributed by atoms with Crippen molar-refractivity contribution in [3.63, 3.8) is 0 Å². The fraction of sp³-hybridized carbons (Fsp3) is 0.308. The van der Waals surface area contributed by atoms with Crippen molar-refractivity contribution in [2.45, 2.75) is 25.9 Å². The molecule has 6 nitrogen and oxygen atoms in total. The molecular weight excluding hydrogens is 489 g/mol. The fourth-order valence-corrected chi connectivity index (χ4v) is 3.85. The van der Waals surface area contributed by atoms with Gasteiger partial charge in [0.25, 0.3) is 0 Å². The first-order valence-corrected chi connectivity index (χ1v) is 10.9. The Kier molecular flexibility index (Phi) is 11.2. The van der Waals surface area contributed by atoms with Crippen molar-refractivity contribution in [2.75, 3.05) is 26.2 Å². The molecule has 1 atom stereocenters. The Morgan fingerprint density at radius 1 is 1.03 bits per heavy atom. The monoisotopic (exact) mass is 521 g/mol. The van der Waals surface area contributed by atoms with Crippen molar-refractivity contribution >= 4 is 22.7 Å². The molecule has 173 valence electrons. The van der Waals surface area contributed by atoms with Gasteiger partial charge >= 0.3 is 0 Å². The van der Waals surface area contributed by atoms with Crippen LogP contribution in [0.2, 0.25) is 0 Å². The van der Waals surface area contributed by atoms with Gasteiger partial charge in [0, 0.05) is 69.8 Å². The normalized spacial score (nSPS) is 11.8. The van der Waals surface area contributed by atoms with Crippen molar-refractivity contribution in [1.82, 2.24) is 20.1 Å². The average molecular weight is 521 g/mol. The summed E-state index contributed by atoms with van der Waals surface area (Å²) in [7, 11) is 0. The van der Waals surface area contributed by atoms with E-state index in [1.807, 2.05) is 59.6 Å². The van der Waals surface area contributed by atoms with Crippen LogP contribution >= 0.6 is 0 Å². The predicted molar refractivity (Wildman–Crippen MR) is 129 cm³/mol. The van der Waals surface area contributed by atoms with E-state index in [-0.39, 0.29) is 57.1 Å². The van der Waals surface area contributed by atoms with Gasteiger partial charge < -0.3 is 33.9 Å².